The van der Waals surface area contributed by atoms with Crippen LogP contribution in [0.3, 0.4) is 0 Å². The predicted molar refractivity (Wildman–Crippen MR) is 90.8 cm³/mol. The second kappa shape index (κ2) is 10.3. The molecule has 5 heteroatoms. The fraction of sp³-hybridized carbons (Fsp3) is 0.944. The summed E-state index contributed by atoms with van der Waals surface area (Å²) < 4.78 is 4.93. The molecule has 1 fully saturated rings. The van der Waals surface area contributed by atoms with E-state index >= 15 is 0 Å². The monoisotopic (exact) mass is 329 g/mol. The quantitative estimate of drug-likeness (QED) is 0.501. The lowest BCUT2D eigenvalue weighted by atomic mass is 9.83. The first-order valence-corrected chi connectivity index (χ1v) is 9.09. The number of carbonyl (C=O) groups is 1. The summed E-state index contributed by atoms with van der Waals surface area (Å²) in [6.45, 7) is 8.10. The fourth-order valence-electron chi connectivity index (χ4n) is 3.02. The lowest BCUT2D eigenvalue weighted by Gasteiger charge is -2.32. The average Bonchev–Trinajstić information content (AvgIpc) is 2.49. The third kappa shape index (κ3) is 9.28. The van der Waals surface area contributed by atoms with Crippen molar-refractivity contribution in [2.24, 2.45) is 5.92 Å². The van der Waals surface area contributed by atoms with Crippen LogP contribution >= 0.6 is 0 Å². The molecule has 0 spiro atoms. The van der Waals surface area contributed by atoms with Gasteiger partial charge in [-0.3, -0.25) is 9.63 Å². The Kier molecular flexibility index (Phi) is 9.10. The van der Waals surface area contributed by atoms with Gasteiger partial charge in [0, 0.05) is 6.42 Å². The van der Waals surface area contributed by atoms with Gasteiger partial charge in [0.2, 0.25) is 0 Å². The van der Waals surface area contributed by atoms with E-state index in [2.05, 4.69) is 5.48 Å². The zero-order valence-corrected chi connectivity index (χ0v) is 15.3. The molecular formula is C18H35NO4. The third-order valence-corrected chi connectivity index (χ3v) is 4.24. The summed E-state index contributed by atoms with van der Waals surface area (Å²) in [5.41, 5.74) is 2.75. The highest BCUT2D eigenvalue weighted by Crippen LogP contribution is 2.28. The molecule has 1 saturated carbocycles. The Morgan fingerprint density at radius 1 is 1.26 bits per heavy atom. The molecule has 0 amide bonds. The Labute approximate surface area is 141 Å². The summed E-state index contributed by atoms with van der Waals surface area (Å²) in [6, 6.07) is -0.147. The first kappa shape index (κ1) is 20.4. The molecule has 5 nitrogen and oxygen atoms in total. The van der Waals surface area contributed by atoms with Crippen molar-refractivity contribution < 1.29 is 19.5 Å². The summed E-state index contributed by atoms with van der Waals surface area (Å²) in [4.78, 5) is 17.2. The standard InChI is InChI=1S/C18H35NO4/c1-5-22-17(21)12-11-16(20)15(19-23-18(2,3)4)13-14-9-7-6-8-10-14/h14-16,19-20H,5-13H2,1-4H3/t15-,16?/m0/s1. The number of esters is 1. The van der Waals surface area contributed by atoms with Crippen molar-refractivity contribution in [3.05, 3.63) is 0 Å². The molecule has 0 aromatic heterocycles. The summed E-state index contributed by atoms with van der Waals surface area (Å²) in [6.07, 6.45) is 7.23. The first-order chi connectivity index (χ1) is 10.8. The lowest BCUT2D eigenvalue weighted by molar-refractivity contribution is -0.144. The second-order valence-corrected chi connectivity index (χ2v) is 7.59. The van der Waals surface area contributed by atoms with Crippen LogP contribution in [0.15, 0.2) is 0 Å². The fourth-order valence-corrected chi connectivity index (χ4v) is 3.02. The Morgan fingerprint density at radius 2 is 1.91 bits per heavy atom. The molecule has 0 aromatic rings. The molecule has 1 aliphatic carbocycles. The van der Waals surface area contributed by atoms with Gasteiger partial charge in [-0.25, -0.2) is 0 Å². The summed E-state index contributed by atoms with van der Waals surface area (Å²) in [5.74, 6) is 0.377. The maximum atomic E-state index is 11.5. The van der Waals surface area contributed by atoms with Crippen molar-refractivity contribution >= 4 is 5.97 Å². The van der Waals surface area contributed by atoms with Crippen molar-refractivity contribution in [2.45, 2.75) is 96.8 Å². The van der Waals surface area contributed by atoms with Crippen molar-refractivity contribution in [3.8, 4) is 0 Å². The SMILES string of the molecule is CCOC(=O)CCC(O)[C@H](CC1CCCCC1)NOC(C)(C)C. The van der Waals surface area contributed by atoms with Crippen LogP contribution in [0.1, 0.15) is 79.1 Å². The van der Waals surface area contributed by atoms with Crippen molar-refractivity contribution in [1.82, 2.24) is 5.48 Å². The van der Waals surface area contributed by atoms with Crippen LogP contribution in [0.4, 0.5) is 0 Å². The highest BCUT2D eigenvalue weighted by atomic mass is 16.7. The molecule has 0 saturated heterocycles. The molecule has 0 aromatic carbocycles. The van der Waals surface area contributed by atoms with E-state index in [-0.39, 0.29) is 24.0 Å². The van der Waals surface area contributed by atoms with E-state index in [1.807, 2.05) is 20.8 Å². The molecule has 0 aliphatic heterocycles. The molecule has 0 heterocycles. The van der Waals surface area contributed by atoms with Crippen LogP contribution in [-0.4, -0.2) is 35.4 Å². The van der Waals surface area contributed by atoms with E-state index in [9.17, 15) is 9.90 Å². The summed E-state index contributed by atoms with van der Waals surface area (Å²) >= 11 is 0. The van der Waals surface area contributed by atoms with Crippen LogP contribution in [-0.2, 0) is 14.4 Å². The third-order valence-electron chi connectivity index (χ3n) is 4.24. The van der Waals surface area contributed by atoms with E-state index in [0.717, 1.165) is 6.42 Å². The van der Waals surface area contributed by atoms with Gasteiger partial charge in [0.1, 0.15) is 0 Å². The molecule has 1 rings (SSSR count). The minimum atomic E-state index is -0.608. The zero-order chi connectivity index (χ0) is 17.3. The van der Waals surface area contributed by atoms with Crippen LogP contribution in [0.25, 0.3) is 0 Å². The molecule has 2 N–H and O–H groups in total. The molecule has 1 unspecified atom stereocenters. The zero-order valence-electron chi connectivity index (χ0n) is 15.3. The highest BCUT2D eigenvalue weighted by molar-refractivity contribution is 5.69. The van der Waals surface area contributed by atoms with Gasteiger partial charge < -0.3 is 9.84 Å². The number of carbonyl (C=O) groups excluding carboxylic acids is 1. The number of hydrogen-bond donors (Lipinski definition) is 2. The number of hydroxylamine groups is 1. The van der Waals surface area contributed by atoms with Crippen molar-refractivity contribution in [3.63, 3.8) is 0 Å². The number of aliphatic hydroxyl groups excluding tert-OH is 1. The topological polar surface area (TPSA) is 67.8 Å². The van der Waals surface area contributed by atoms with E-state index in [1.165, 1.54) is 32.1 Å². The Bertz CT molecular complexity index is 334. The van der Waals surface area contributed by atoms with Crippen molar-refractivity contribution in [2.75, 3.05) is 6.61 Å². The Balaban J connectivity index is 2.51. The number of hydrogen-bond acceptors (Lipinski definition) is 5. The number of rotatable bonds is 9. The van der Waals surface area contributed by atoms with E-state index in [0.29, 0.717) is 18.9 Å². The van der Waals surface area contributed by atoms with Gasteiger partial charge in [-0.2, -0.15) is 5.48 Å². The molecule has 0 radical (unpaired) electrons. The first-order valence-electron chi connectivity index (χ1n) is 9.09. The number of nitrogens with one attached hydrogen (secondary N) is 1. The number of aliphatic hydroxyl groups is 1. The lowest BCUT2D eigenvalue weighted by Crippen LogP contribution is -2.45. The second-order valence-electron chi connectivity index (χ2n) is 7.59. The normalized spacial score (nSPS) is 19.3. The summed E-state index contributed by atoms with van der Waals surface area (Å²) in [7, 11) is 0. The van der Waals surface area contributed by atoms with Gasteiger partial charge in [0.05, 0.1) is 24.4 Å². The molecule has 0 bridgehead atoms. The smallest absolute Gasteiger partial charge is 0.305 e. The minimum absolute atomic E-state index is 0.147. The minimum Gasteiger partial charge on any atom is -0.466 e. The van der Waals surface area contributed by atoms with Gasteiger partial charge in [0.15, 0.2) is 0 Å². The largest absolute Gasteiger partial charge is 0.466 e. The maximum absolute atomic E-state index is 11.5. The molecule has 2 atom stereocenters. The molecule has 1 aliphatic rings. The highest BCUT2D eigenvalue weighted by Gasteiger charge is 2.27. The number of ether oxygens (including phenoxy) is 1. The Hall–Kier alpha value is -0.650. The predicted octanol–water partition coefficient (Wildman–Crippen LogP) is 3.35. The van der Waals surface area contributed by atoms with Crippen LogP contribution in [0, 0.1) is 5.92 Å². The van der Waals surface area contributed by atoms with Gasteiger partial charge in [-0.15, -0.1) is 0 Å². The Morgan fingerprint density at radius 3 is 2.48 bits per heavy atom. The molecule has 136 valence electrons. The van der Waals surface area contributed by atoms with Gasteiger partial charge >= 0.3 is 5.97 Å². The van der Waals surface area contributed by atoms with E-state index in [4.69, 9.17) is 9.57 Å². The van der Waals surface area contributed by atoms with E-state index < -0.39 is 6.10 Å². The van der Waals surface area contributed by atoms with E-state index in [1.54, 1.807) is 6.92 Å². The molecule has 23 heavy (non-hydrogen) atoms. The maximum Gasteiger partial charge on any atom is 0.305 e. The average molecular weight is 329 g/mol. The van der Waals surface area contributed by atoms with Crippen LogP contribution in [0.2, 0.25) is 0 Å². The summed E-state index contributed by atoms with van der Waals surface area (Å²) in [5, 5.41) is 10.5. The van der Waals surface area contributed by atoms with Gasteiger partial charge in [-0.05, 0) is 46.5 Å². The van der Waals surface area contributed by atoms with Crippen LogP contribution in [0.5, 0.6) is 0 Å². The molecular weight excluding hydrogens is 294 g/mol. The van der Waals surface area contributed by atoms with Gasteiger partial charge in [0.25, 0.3) is 0 Å². The van der Waals surface area contributed by atoms with Gasteiger partial charge in [-0.1, -0.05) is 32.1 Å². The van der Waals surface area contributed by atoms with Crippen molar-refractivity contribution in [1.29, 1.82) is 0 Å². The van der Waals surface area contributed by atoms with Crippen LogP contribution < -0.4 is 5.48 Å².